The van der Waals surface area contributed by atoms with Crippen LogP contribution in [-0.2, 0) is 0 Å². The normalized spacial score (nSPS) is 12.5. The van der Waals surface area contributed by atoms with Crippen LogP contribution in [0.4, 0.5) is 5.95 Å². The molecule has 0 aliphatic carbocycles. The summed E-state index contributed by atoms with van der Waals surface area (Å²) in [6.45, 7) is 2.45. The highest BCUT2D eigenvalue weighted by molar-refractivity contribution is 5.21. The van der Waals surface area contributed by atoms with Crippen LogP contribution < -0.4 is 5.32 Å². The first-order chi connectivity index (χ1) is 5.79. The van der Waals surface area contributed by atoms with Crippen molar-refractivity contribution in [2.45, 2.75) is 19.4 Å². The summed E-state index contributed by atoms with van der Waals surface area (Å²) in [6.07, 6.45) is 3.79. The Morgan fingerprint density at radius 3 is 2.75 bits per heavy atom. The Bertz CT molecular complexity index is 213. The van der Waals surface area contributed by atoms with E-state index in [1.165, 1.54) is 0 Å². The second kappa shape index (κ2) is 4.66. The number of hydrogen-bond donors (Lipinski definition) is 2. The van der Waals surface area contributed by atoms with Gasteiger partial charge in [0, 0.05) is 18.9 Å². The molecule has 0 bridgehead atoms. The lowest BCUT2D eigenvalue weighted by Crippen LogP contribution is -2.11. The maximum Gasteiger partial charge on any atom is 0.222 e. The molecule has 1 aromatic heterocycles. The number of nitrogens with zero attached hydrogens (tertiary/aromatic N) is 2. The molecule has 66 valence electrons. The Balaban J connectivity index is 2.25. The zero-order valence-corrected chi connectivity index (χ0v) is 7.07. The van der Waals surface area contributed by atoms with Crippen LogP contribution in [0.2, 0.25) is 0 Å². The van der Waals surface area contributed by atoms with Gasteiger partial charge >= 0.3 is 0 Å². The third-order valence-electron chi connectivity index (χ3n) is 1.41. The van der Waals surface area contributed by atoms with E-state index in [0.717, 1.165) is 0 Å². The van der Waals surface area contributed by atoms with Crippen LogP contribution in [0, 0.1) is 0 Å². The van der Waals surface area contributed by atoms with Crippen molar-refractivity contribution in [2.75, 3.05) is 11.9 Å². The summed E-state index contributed by atoms with van der Waals surface area (Å²) in [5.74, 6) is 0.609. The summed E-state index contributed by atoms with van der Waals surface area (Å²) < 4.78 is 0. The third-order valence-corrected chi connectivity index (χ3v) is 1.41. The summed E-state index contributed by atoms with van der Waals surface area (Å²) in [5.41, 5.74) is 0. The van der Waals surface area contributed by atoms with Crippen molar-refractivity contribution in [1.82, 2.24) is 9.97 Å². The molecule has 0 unspecified atom stereocenters. The molecule has 0 aromatic carbocycles. The molecular formula is C8H13N3O. The monoisotopic (exact) mass is 167 g/mol. The van der Waals surface area contributed by atoms with Gasteiger partial charge in [0.2, 0.25) is 5.95 Å². The minimum Gasteiger partial charge on any atom is -0.393 e. The summed E-state index contributed by atoms with van der Waals surface area (Å²) in [6, 6.07) is 1.76. The number of nitrogens with one attached hydrogen (secondary N) is 1. The lowest BCUT2D eigenvalue weighted by Gasteiger charge is -2.04. The average Bonchev–Trinajstić information content (AvgIpc) is 2.05. The fourth-order valence-corrected chi connectivity index (χ4v) is 0.783. The van der Waals surface area contributed by atoms with E-state index in [1.54, 1.807) is 25.4 Å². The van der Waals surface area contributed by atoms with E-state index in [1.807, 2.05) is 0 Å². The maximum absolute atomic E-state index is 8.95. The van der Waals surface area contributed by atoms with Gasteiger partial charge in [-0.05, 0) is 19.4 Å². The first kappa shape index (κ1) is 8.93. The van der Waals surface area contributed by atoms with Gasteiger partial charge in [0.25, 0.3) is 0 Å². The Morgan fingerprint density at radius 1 is 1.50 bits per heavy atom. The second-order valence-electron chi connectivity index (χ2n) is 2.64. The quantitative estimate of drug-likeness (QED) is 0.691. The van der Waals surface area contributed by atoms with Crippen molar-refractivity contribution in [3.05, 3.63) is 18.5 Å². The van der Waals surface area contributed by atoms with Gasteiger partial charge in [-0.15, -0.1) is 0 Å². The molecular weight excluding hydrogens is 154 g/mol. The summed E-state index contributed by atoms with van der Waals surface area (Å²) in [4.78, 5) is 7.94. The van der Waals surface area contributed by atoms with Crippen molar-refractivity contribution in [3.8, 4) is 0 Å². The number of aromatic nitrogens is 2. The van der Waals surface area contributed by atoms with Crippen molar-refractivity contribution >= 4 is 5.95 Å². The Hall–Kier alpha value is -1.16. The Kier molecular flexibility index (Phi) is 3.47. The van der Waals surface area contributed by atoms with Crippen LogP contribution >= 0.6 is 0 Å². The molecule has 12 heavy (non-hydrogen) atoms. The van der Waals surface area contributed by atoms with Gasteiger partial charge in [0.05, 0.1) is 6.10 Å². The molecule has 0 amide bonds. The topological polar surface area (TPSA) is 58.0 Å². The smallest absolute Gasteiger partial charge is 0.222 e. The molecule has 0 radical (unpaired) electrons. The highest BCUT2D eigenvalue weighted by Gasteiger charge is 1.95. The minimum atomic E-state index is -0.277. The van der Waals surface area contributed by atoms with E-state index >= 15 is 0 Å². The van der Waals surface area contributed by atoms with Gasteiger partial charge in [0.1, 0.15) is 0 Å². The number of aliphatic hydroxyl groups is 1. The zero-order chi connectivity index (χ0) is 8.81. The van der Waals surface area contributed by atoms with Crippen LogP contribution in [0.15, 0.2) is 18.5 Å². The van der Waals surface area contributed by atoms with E-state index in [9.17, 15) is 0 Å². The van der Waals surface area contributed by atoms with Gasteiger partial charge in [0.15, 0.2) is 0 Å². The van der Waals surface area contributed by atoms with E-state index in [4.69, 9.17) is 5.11 Å². The lowest BCUT2D eigenvalue weighted by atomic mass is 10.3. The third kappa shape index (κ3) is 3.30. The molecule has 4 heteroatoms. The Morgan fingerprint density at radius 2 is 2.17 bits per heavy atom. The molecule has 0 aliphatic heterocycles. The zero-order valence-electron chi connectivity index (χ0n) is 7.07. The molecule has 0 spiro atoms. The summed E-state index contributed by atoms with van der Waals surface area (Å²) >= 11 is 0. The fraction of sp³-hybridized carbons (Fsp3) is 0.500. The van der Waals surface area contributed by atoms with Gasteiger partial charge in [-0.3, -0.25) is 0 Å². The minimum absolute atomic E-state index is 0.277. The van der Waals surface area contributed by atoms with E-state index in [0.29, 0.717) is 18.9 Å². The molecule has 0 saturated heterocycles. The van der Waals surface area contributed by atoms with Crippen LogP contribution in [0.25, 0.3) is 0 Å². The molecule has 1 heterocycles. The van der Waals surface area contributed by atoms with E-state index in [-0.39, 0.29) is 6.10 Å². The molecule has 1 aromatic rings. The van der Waals surface area contributed by atoms with E-state index in [2.05, 4.69) is 15.3 Å². The standard InChI is InChI=1S/C8H13N3O/c1-7(12)3-6-11-8-9-4-2-5-10-8/h2,4-5,7,12H,3,6H2,1H3,(H,9,10,11)/t7-/m1/s1. The van der Waals surface area contributed by atoms with Gasteiger partial charge in [-0.2, -0.15) is 0 Å². The number of anilines is 1. The van der Waals surface area contributed by atoms with Crippen LogP contribution in [-0.4, -0.2) is 27.7 Å². The van der Waals surface area contributed by atoms with Gasteiger partial charge < -0.3 is 10.4 Å². The highest BCUT2D eigenvalue weighted by Crippen LogP contribution is 1.95. The molecule has 0 saturated carbocycles. The van der Waals surface area contributed by atoms with Gasteiger partial charge in [-0.25, -0.2) is 9.97 Å². The van der Waals surface area contributed by atoms with Crippen molar-refractivity contribution in [1.29, 1.82) is 0 Å². The maximum atomic E-state index is 8.95. The molecule has 2 N–H and O–H groups in total. The molecule has 0 fully saturated rings. The largest absolute Gasteiger partial charge is 0.393 e. The SMILES string of the molecule is C[C@@H](O)CCNc1ncccn1. The second-order valence-corrected chi connectivity index (χ2v) is 2.64. The summed E-state index contributed by atoms with van der Waals surface area (Å²) in [5, 5.41) is 11.9. The number of rotatable bonds is 4. The average molecular weight is 167 g/mol. The number of hydrogen-bond acceptors (Lipinski definition) is 4. The van der Waals surface area contributed by atoms with Gasteiger partial charge in [-0.1, -0.05) is 0 Å². The number of aliphatic hydroxyl groups excluding tert-OH is 1. The molecule has 1 rings (SSSR count). The van der Waals surface area contributed by atoms with Crippen molar-refractivity contribution in [3.63, 3.8) is 0 Å². The first-order valence-electron chi connectivity index (χ1n) is 3.98. The lowest BCUT2D eigenvalue weighted by molar-refractivity contribution is 0.188. The van der Waals surface area contributed by atoms with Crippen LogP contribution in [0.1, 0.15) is 13.3 Å². The van der Waals surface area contributed by atoms with Crippen LogP contribution in [0.5, 0.6) is 0 Å². The molecule has 4 nitrogen and oxygen atoms in total. The van der Waals surface area contributed by atoms with Crippen LogP contribution in [0.3, 0.4) is 0 Å². The molecule has 1 atom stereocenters. The van der Waals surface area contributed by atoms with Crippen molar-refractivity contribution in [2.24, 2.45) is 0 Å². The first-order valence-corrected chi connectivity index (χ1v) is 3.98. The Labute approximate surface area is 71.7 Å². The predicted molar refractivity (Wildman–Crippen MR) is 46.8 cm³/mol. The predicted octanol–water partition coefficient (Wildman–Crippen LogP) is 0.659. The fourth-order valence-electron chi connectivity index (χ4n) is 0.783. The molecule has 0 aliphatic rings. The van der Waals surface area contributed by atoms with Crippen molar-refractivity contribution < 1.29 is 5.11 Å². The highest BCUT2D eigenvalue weighted by atomic mass is 16.3. The van der Waals surface area contributed by atoms with E-state index < -0.39 is 0 Å². The summed E-state index contributed by atoms with van der Waals surface area (Å²) in [7, 11) is 0.